The highest BCUT2D eigenvalue weighted by molar-refractivity contribution is 5.90. The first kappa shape index (κ1) is 8.38. The van der Waals surface area contributed by atoms with Crippen LogP contribution in [0.3, 0.4) is 0 Å². The van der Waals surface area contributed by atoms with Crippen molar-refractivity contribution in [1.82, 2.24) is 9.55 Å². The number of hydrogen-bond donors (Lipinski definition) is 0. The van der Waals surface area contributed by atoms with Crippen LogP contribution in [0, 0.1) is 10.1 Å². The van der Waals surface area contributed by atoms with E-state index >= 15 is 0 Å². The van der Waals surface area contributed by atoms with E-state index in [-0.39, 0.29) is 17.4 Å². The van der Waals surface area contributed by atoms with E-state index < -0.39 is 4.92 Å². The molecule has 0 N–H and O–H groups in total. The Balaban J connectivity index is 3.17. The van der Waals surface area contributed by atoms with Gasteiger partial charge < -0.3 is 14.7 Å². The van der Waals surface area contributed by atoms with Gasteiger partial charge in [-0.15, -0.1) is 0 Å². The van der Waals surface area contributed by atoms with Crippen molar-refractivity contribution >= 4 is 11.6 Å². The van der Waals surface area contributed by atoms with Crippen molar-refractivity contribution in [1.29, 1.82) is 0 Å². The molecule has 0 aliphatic heterocycles. The monoisotopic (exact) mass is 169 g/mol. The lowest BCUT2D eigenvalue weighted by molar-refractivity contribution is -0.389. The van der Waals surface area contributed by atoms with Crippen LogP contribution in [0.2, 0.25) is 0 Å². The summed E-state index contributed by atoms with van der Waals surface area (Å²) in [6.07, 6.45) is 1.21. The molecule has 0 fully saturated rings. The van der Waals surface area contributed by atoms with Crippen LogP contribution in [0.15, 0.2) is 6.20 Å². The summed E-state index contributed by atoms with van der Waals surface area (Å²) in [7, 11) is 1.54. The van der Waals surface area contributed by atoms with E-state index in [1.807, 2.05) is 0 Å². The van der Waals surface area contributed by atoms with Gasteiger partial charge in [0.15, 0.2) is 0 Å². The zero-order valence-electron chi connectivity index (χ0n) is 6.64. The van der Waals surface area contributed by atoms with Gasteiger partial charge in [-0.1, -0.05) is 0 Å². The van der Waals surface area contributed by atoms with Crippen LogP contribution in [-0.2, 0) is 7.05 Å². The Labute approximate surface area is 68.0 Å². The quantitative estimate of drug-likeness (QED) is 0.367. The third-order valence-corrected chi connectivity index (χ3v) is 1.37. The number of ketones is 1. The van der Waals surface area contributed by atoms with Crippen LogP contribution in [0.5, 0.6) is 0 Å². The topological polar surface area (TPSA) is 78.0 Å². The van der Waals surface area contributed by atoms with Gasteiger partial charge in [-0.3, -0.25) is 4.79 Å². The minimum Gasteiger partial charge on any atom is -0.358 e. The van der Waals surface area contributed by atoms with Crippen molar-refractivity contribution in [3.05, 3.63) is 22.1 Å². The predicted molar refractivity (Wildman–Crippen MR) is 39.9 cm³/mol. The molecule has 0 unspecified atom stereocenters. The first-order valence-electron chi connectivity index (χ1n) is 3.21. The van der Waals surface area contributed by atoms with E-state index in [9.17, 15) is 14.9 Å². The number of nitrogens with zero attached hydrogens (tertiary/aromatic N) is 3. The van der Waals surface area contributed by atoms with Crippen LogP contribution >= 0.6 is 0 Å². The van der Waals surface area contributed by atoms with Gasteiger partial charge in [0.1, 0.15) is 6.20 Å². The first-order valence-corrected chi connectivity index (χ1v) is 3.21. The van der Waals surface area contributed by atoms with E-state index in [0.29, 0.717) is 0 Å². The number of carbonyl (C=O) groups excluding carboxylic acids is 1. The van der Waals surface area contributed by atoms with Crippen molar-refractivity contribution in [3.8, 4) is 0 Å². The van der Waals surface area contributed by atoms with Crippen LogP contribution in [0.1, 0.15) is 17.5 Å². The molecule has 0 radical (unpaired) electrons. The van der Waals surface area contributed by atoms with Crippen LogP contribution in [0.25, 0.3) is 0 Å². The maximum Gasteiger partial charge on any atom is 0.382 e. The predicted octanol–water partition coefficient (Wildman–Crippen LogP) is 0.531. The zero-order chi connectivity index (χ0) is 9.30. The van der Waals surface area contributed by atoms with Crippen molar-refractivity contribution < 1.29 is 9.72 Å². The molecular formula is C6H7N3O3. The Morgan fingerprint density at radius 1 is 1.75 bits per heavy atom. The molecule has 1 rings (SSSR count). The highest BCUT2D eigenvalue weighted by atomic mass is 16.6. The van der Waals surface area contributed by atoms with Crippen molar-refractivity contribution in [2.24, 2.45) is 7.05 Å². The minimum atomic E-state index is -0.633. The zero-order valence-corrected chi connectivity index (χ0v) is 6.64. The van der Waals surface area contributed by atoms with Crippen LogP contribution in [-0.4, -0.2) is 20.3 Å². The average molecular weight is 169 g/mol. The Kier molecular flexibility index (Phi) is 1.90. The second kappa shape index (κ2) is 2.72. The third-order valence-electron chi connectivity index (χ3n) is 1.37. The fourth-order valence-corrected chi connectivity index (χ4v) is 0.866. The van der Waals surface area contributed by atoms with Gasteiger partial charge in [0, 0.05) is 14.0 Å². The molecule has 1 aromatic heterocycles. The first-order chi connectivity index (χ1) is 5.52. The maximum atomic E-state index is 10.8. The molecular weight excluding hydrogens is 162 g/mol. The van der Waals surface area contributed by atoms with E-state index in [1.54, 1.807) is 0 Å². The van der Waals surface area contributed by atoms with Gasteiger partial charge in [-0.25, -0.2) is 0 Å². The van der Waals surface area contributed by atoms with Gasteiger partial charge in [0.05, 0.1) is 0 Å². The Hall–Kier alpha value is -1.72. The van der Waals surface area contributed by atoms with Crippen molar-refractivity contribution in [3.63, 3.8) is 0 Å². The SMILES string of the molecule is CC(=O)c1nc([N+](=O)[O-])cn1C. The molecule has 1 heterocycles. The second-order valence-corrected chi connectivity index (χ2v) is 2.35. The largest absolute Gasteiger partial charge is 0.382 e. The lowest BCUT2D eigenvalue weighted by Gasteiger charge is -1.86. The molecule has 12 heavy (non-hydrogen) atoms. The summed E-state index contributed by atoms with van der Waals surface area (Å²) in [5.74, 6) is -0.491. The summed E-state index contributed by atoms with van der Waals surface area (Å²) < 4.78 is 1.33. The summed E-state index contributed by atoms with van der Waals surface area (Å²) in [5.41, 5.74) is 0. The molecule has 6 nitrogen and oxygen atoms in total. The van der Waals surface area contributed by atoms with Gasteiger partial charge in [-0.05, 0) is 9.91 Å². The Morgan fingerprint density at radius 2 is 2.33 bits per heavy atom. The second-order valence-electron chi connectivity index (χ2n) is 2.35. The standard InChI is InChI=1S/C6H7N3O3/c1-4(10)6-7-5(9(11)12)3-8(6)2/h3H,1-2H3. The number of nitro groups is 1. The number of hydrogen-bond acceptors (Lipinski definition) is 4. The van der Waals surface area contributed by atoms with E-state index in [0.717, 1.165) is 0 Å². The maximum absolute atomic E-state index is 10.8. The number of carbonyl (C=O) groups is 1. The summed E-state index contributed by atoms with van der Waals surface area (Å²) in [5, 5.41) is 10.2. The van der Waals surface area contributed by atoms with Crippen molar-refractivity contribution in [2.75, 3.05) is 0 Å². The number of aryl methyl sites for hydroxylation is 1. The lowest BCUT2D eigenvalue weighted by atomic mass is 10.4. The molecule has 0 amide bonds. The smallest absolute Gasteiger partial charge is 0.358 e. The molecule has 0 spiro atoms. The van der Waals surface area contributed by atoms with E-state index in [1.165, 1.54) is 24.7 Å². The third kappa shape index (κ3) is 1.31. The molecule has 64 valence electrons. The lowest BCUT2D eigenvalue weighted by Crippen LogP contribution is -2.02. The summed E-state index contributed by atoms with van der Waals surface area (Å²) >= 11 is 0. The molecule has 0 bridgehead atoms. The molecule has 0 aliphatic rings. The number of rotatable bonds is 2. The molecule has 0 aliphatic carbocycles. The highest BCUT2D eigenvalue weighted by Gasteiger charge is 2.19. The Bertz CT molecular complexity index is 342. The van der Waals surface area contributed by atoms with Gasteiger partial charge >= 0.3 is 5.82 Å². The molecule has 0 atom stereocenters. The van der Waals surface area contributed by atoms with Gasteiger partial charge in [-0.2, -0.15) is 0 Å². The Morgan fingerprint density at radius 3 is 2.58 bits per heavy atom. The normalized spacial score (nSPS) is 9.83. The van der Waals surface area contributed by atoms with Crippen LogP contribution in [0.4, 0.5) is 5.82 Å². The molecule has 0 saturated heterocycles. The number of aromatic nitrogens is 2. The minimum absolute atomic E-state index is 0.0988. The summed E-state index contributed by atoms with van der Waals surface area (Å²) in [6.45, 7) is 1.31. The average Bonchev–Trinajstić information content (AvgIpc) is 2.30. The fourth-order valence-electron chi connectivity index (χ4n) is 0.866. The molecule has 1 aromatic rings. The number of imidazole rings is 1. The van der Waals surface area contributed by atoms with Crippen molar-refractivity contribution in [2.45, 2.75) is 6.92 Å². The molecule has 0 aromatic carbocycles. The van der Waals surface area contributed by atoms with E-state index in [4.69, 9.17) is 0 Å². The molecule has 6 heteroatoms. The number of Topliss-reactive ketones (excluding diaryl/α,β-unsaturated/α-hetero) is 1. The molecule has 0 saturated carbocycles. The van der Waals surface area contributed by atoms with Gasteiger partial charge in [0.2, 0.25) is 5.78 Å². The van der Waals surface area contributed by atoms with Crippen LogP contribution < -0.4 is 0 Å². The fraction of sp³-hybridized carbons (Fsp3) is 0.333. The highest BCUT2D eigenvalue weighted by Crippen LogP contribution is 2.09. The van der Waals surface area contributed by atoms with Gasteiger partial charge in [0.25, 0.3) is 5.82 Å². The summed E-state index contributed by atoms with van der Waals surface area (Å²) in [4.78, 5) is 23.9. The summed E-state index contributed by atoms with van der Waals surface area (Å²) in [6, 6.07) is 0. The van der Waals surface area contributed by atoms with E-state index in [2.05, 4.69) is 4.98 Å².